The lowest BCUT2D eigenvalue weighted by atomic mass is 9.85. The molecule has 2 rings (SSSR count). The third kappa shape index (κ3) is 3.30. The maximum atomic E-state index is 13.1. The molecule has 1 heterocycles. The molecule has 0 saturated carbocycles. The first-order valence-corrected chi connectivity index (χ1v) is 6.22. The Morgan fingerprint density at radius 2 is 2.11 bits per heavy atom. The molecule has 1 aliphatic rings. The van der Waals surface area contributed by atoms with Crippen LogP contribution in [-0.4, -0.2) is 24.1 Å². The summed E-state index contributed by atoms with van der Waals surface area (Å²) >= 11 is 0. The quantitative estimate of drug-likeness (QED) is 0.650. The number of carbonyl (C=O) groups is 2. The molecule has 0 aliphatic carbocycles. The number of carbonyl (C=O) groups excluding carboxylic acids is 2. The molecule has 0 bridgehead atoms. The van der Waals surface area contributed by atoms with Crippen molar-refractivity contribution < 1.29 is 18.7 Å². The second kappa shape index (κ2) is 5.82. The predicted molar refractivity (Wildman–Crippen MR) is 66.8 cm³/mol. The zero-order valence-electron chi connectivity index (χ0n) is 10.6. The summed E-state index contributed by atoms with van der Waals surface area (Å²) < 4.78 is 18.2. The first-order valence-electron chi connectivity index (χ1n) is 6.22. The van der Waals surface area contributed by atoms with Crippen molar-refractivity contribution in [2.24, 2.45) is 5.92 Å². The standard InChI is InChI=1S/C14H16FNO3/c1-9(15)13-11(16-14(13)18)7-12(17)19-8-10-5-3-2-4-6-10/h2-6,9,11,13H,7-8H2,1H3,(H,16,18)/t9?,11-,13-/m1/s1. The molecule has 1 aromatic rings. The summed E-state index contributed by atoms with van der Waals surface area (Å²) in [4.78, 5) is 22.7. The molecule has 1 amide bonds. The Morgan fingerprint density at radius 1 is 1.42 bits per heavy atom. The van der Waals surface area contributed by atoms with Crippen LogP contribution in [-0.2, 0) is 20.9 Å². The van der Waals surface area contributed by atoms with Gasteiger partial charge in [-0.2, -0.15) is 0 Å². The minimum atomic E-state index is -1.25. The van der Waals surface area contributed by atoms with Crippen molar-refractivity contribution in [1.82, 2.24) is 5.32 Å². The molecule has 19 heavy (non-hydrogen) atoms. The van der Waals surface area contributed by atoms with Crippen LogP contribution in [0.15, 0.2) is 30.3 Å². The number of ether oxygens (including phenoxy) is 1. The van der Waals surface area contributed by atoms with Crippen LogP contribution in [0.2, 0.25) is 0 Å². The van der Waals surface area contributed by atoms with Gasteiger partial charge in [-0.3, -0.25) is 9.59 Å². The van der Waals surface area contributed by atoms with Gasteiger partial charge in [0, 0.05) is 0 Å². The Labute approximate surface area is 110 Å². The predicted octanol–water partition coefficient (Wildman–Crippen LogP) is 1.59. The smallest absolute Gasteiger partial charge is 0.308 e. The number of hydrogen-bond donors (Lipinski definition) is 1. The van der Waals surface area contributed by atoms with Crippen LogP contribution in [0.25, 0.3) is 0 Å². The molecule has 5 heteroatoms. The molecule has 0 radical (unpaired) electrons. The molecule has 3 atom stereocenters. The van der Waals surface area contributed by atoms with Gasteiger partial charge in [0.1, 0.15) is 12.8 Å². The highest BCUT2D eigenvalue weighted by atomic mass is 19.1. The number of hydrogen-bond acceptors (Lipinski definition) is 3. The van der Waals surface area contributed by atoms with Gasteiger partial charge >= 0.3 is 5.97 Å². The van der Waals surface area contributed by atoms with E-state index in [0.717, 1.165) is 5.56 Å². The van der Waals surface area contributed by atoms with E-state index in [2.05, 4.69) is 5.32 Å². The number of halogens is 1. The maximum absolute atomic E-state index is 13.1. The first kappa shape index (κ1) is 13.5. The molecule has 1 saturated heterocycles. The van der Waals surface area contributed by atoms with Crippen molar-refractivity contribution in [3.8, 4) is 0 Å². The van der Waals surface area contributed by atoms with Crippen LogP contribution >= 0.6 is 0 Å². The molecule has 0 aromatic heterocycles. The van der Waals surface area contributed by atoms with Gasteiger partial charge < -0.3 is 10.1 Å². The van der Waals surface area contributed by atoms with Gasteiger partial charge in [-0.15, -0.1) is 0 Å². The minimum absolute atomic E-state index is 0.0114. The molecule has 1 fully saturated rings. The second-order valence-electron chi connectivity index (χ2n) is 4.67. The van der Waals surface area contributed by atoms with Crippen LogP contribution in [0.4, 0.5) is 4.39 Å². The van der Waals surface area contributed by atoms with Crippen LogP contribution in [0.5, 0.6) is 0 Å². The Bertz CT molecular complexity index is 461. The lowest BCUT2D eigenvalue weighted by molar-refractivity contribution is -0.149. The highest BCUT2D eigenvalue weighted by Crippen LogP contribution is 2.24. The summed E-state index contributed by atoms with van der Waals surface area (Å²) in [5.74, 6) is -1.50. The van der Waals surface area contributed by atoms with Crippen LogP contribution in [0, 0.1) is 5.92 Å². The fourth-order valence-electron chi connectivity index (χ4n) is 2.14. The Morgan fingerprint density at radius 3 is 2.68 bits per heavy atom. The van der Waals surface area contributed by atoms with Gasteiger partial charge in [0.15, 0.2) is 0 Å². The van der Waals surface area contributed by atoms with Crippen molar-refractivity contribution in [2.45, 2.75) is 32.2 Å². The van der Waals surface area contributed by atoms with Crippen molar-refractivity contribution in [2.75, 3.05) is 0 Å². The zero-order valence-corrected chi connectivity index (χ0v) is 10.6. The lowest BCUT2D eigenvalue weighted by Gasteiger charge is -2.36. The monoisotopic (exact) mass is 265 g/mol. The van der Waals surface area contributed by atoms with E-state index in [-0.39, 0.29) is 18.9 Å². The second-order valence-corrected chi connectivity index (χ2v) is 4.67. The van der Waals surface area contributed by atoms with E-state index in [9.17, 15) is 14.0 Å². The van der Waals surface area contributed by atoms with Crippen molar-refractivity contribution in [3.05, 3.63) is 35.9 Å². The third-order valence-corrected chi connectivity index (χ3v) is 3.19. The average molecular weight is 265 g/mol. The lowest BCUT2D eigenvalue weighted by Crippen LogP contribution is -2.61. The Balaban J connectivity index is 1.78. The minimum Gasteiger partial charge on any atom is -0.461 e. The SMILES string of the molecule is CC(F)[C@H]1C(=O)N[C@@H]1CC(=O)OCc1ccccc1. The number of rotatable bonds is 5. The number of benzene rings is 1. The van der Waals surface area contributed by atoms with Gasteiger partial charge in [-0.1, -0.05) is 30.3 Å². The van der Waals surface area contributed by atoms with Gasteiger partial charge in [0.05, 0.1) is 18.4 Å². The third-order valence-electron chi connectivity index (χ3n) is 3.19. The van der Waals surface area contributed by atoms with E-state index in [1.54, 1.807) is 0 Å². The van der Waals surface area contributed by atoms with E-state index in [4.69, 9.17) is 4.74 Å². The summed E-state index contributed by atoms with van der Waals surface area (Å²) in [6.07, 6.45) is -1.24. The molecular weight excluding hydrogens is 249 g/mol. The normalized spacial score (nSPS) is 23.2. The number of alkyl halides is 1. The van der Waals surface area contributed by atoms with E-state index >= 15 is 0 Å². The highest BCUT2D eigenvalue weighted by Gasteiger charge is 2.44. The molecular formula is C14H16FNO3. The summed E-state index contributed by atoms with van der Waals surface area (Å²) in [6.45, 7) is 1.52. The van der Waals surface area contributed by atoms with Crippen LogP contribution in [0.1, 0.15) is 18.9 Å². The number of β-lactam (4-membered cyclic amide) rings is 1. The topological polar surface area (TPSA) is 55.4 Å². The molecule has 1 aromatic carbocycles. The number of nitrogens with one attached hydrogen (secondary N) is 1. The summed E-state index contributed by atoms with van der Waals surface area (Å²) in [6, 6.07) is 8.85. The Hall–Kier alpha value is -1.91. The summed E-state index contributed by atoms with van der Waals surface area (Å²) in [7, 11) is 0. The summed E-state index contributed by atoms with van der Waals surface area (Å²) in [5, 5.41) is 2.52. The maximum Gasteiger partial charge on any atom is 0.308 e. The van der Waals surface area contributed by atoms with Gasteiger partial charge in [-0.05, 0) is 12.5 Å². The van der Waals surface area contributed by atoms with E-state index in [1.807, 2.05) is 30.3 Å². The van der Waals surface area contributed by atoms with Crippen molar-refractivity contribution in [1.29, 1.82) is 0 Å². The van der Waals surface area contributed by atoms with E-state index < -0.39 is 24.1 Å². The molecule has 1 unspecified atom stereocenters. The average Bonchev–Trinajstić information content (AvgIpc) is 2.36. The number of esters is 1. The van der Waals surface area contributed by atoms with Crippen molar-refractivity contribution in [3.63, 3.8) is 0 Å². The van der Waals surface area contributed by atoms with Crippen molar-refractivity contribution >= 4 is 11.9 Å². The van der Waals surface area contributed by atoms with E-state index in [0.29, 0.717) is 0 Å². The fourth-order valence-corrected chi connectivity index (χ4v) is 2.14. The van der Waals surface area contributed by atoms with Gasteiger partial charge in [0.2, 0.25) is 5.91 Å². The molecule has 1 aliphatic heterocycles. The van der Waals surface area contributed by atoms with E-state index in [1.165, 1.54) is 6.92 Å². The zero-order chi connectivity index (χ0) is 13.8. The Kier molecular flexibility index (Phi) is 4.14. The van der Waals surface area contributed by atoms with Gasteiger partial charge in [-0.25, -0.2) is 4.39 Å². The molecule has 4 nitrogen and oxygen atoms in total. The first-order chi connectivity index (χ1) is 9.08. The van der Waals surface area contributed by atoms with Crippen LogP contribution < -0.4 is 5.32 Å². The fraction of sp³-hybridized carbons (Fsp3) is 0.429. The molecule has 1 N–H and O–H groups in total. The summed E-state index contributed by atoms with van der Waals surface area (Å²) in [5.41, 5.74) is 0.893. The molecule has 102 valence electrons. The highest BCUT2D eigenvalue weighted by molar-refractivity contribution is 5.88. The largest absolute Gasteiger partial charge is 0.461 e. The van der Waals surface area contributed by atoms with Crippen LogP contribution in [0.3, 0.4) is 0 Å². The number of amides is 1. The van der Waals surface area contributed by atoms with Gasteiger partial charge in [0.25, 0.3) is 0 Å². The molecule has 0 spiro atoms.